The number of benzene rings is 2. The van der Waals surface area contributed by atoms with E-state index in [-0.39, 0.29) is 5.91 Å². The Hall–Kier alpha value is -2.29. The number of hydrogen-bond donors (Lipinski definition) is 0. The van der Waals surface area contributed by atoms with Gasteiger partial charge in [-0.15, -0.1) is 0 Å². The standard InChI is InChI=1S/C21H26N2O/c1-16-6-8-17(9-7-16)19-5-4-14-23(15-19)21(24)18-10-12-20(13-11-18)22(2)3/h6-13,19H,4-5,14-15H2,1-3H3. The van der Waals surface area contributed by atoms with Crippen LogP contribution in [0.4, 0.5) is 5.69 Å². The predicted molar refractivity (Wildman–Crippen MR) is 99.8 cm³/mol. The van der Waals surface area contributed by atoms with Gasteiger partial charge in [-0.1, -0.05) is 29.8 Å². The van der Waals surface area contributed by atoms with Crippen molar-refractivity contribution in [1.82, 2.24) is 4.90 Å². The number of anilines is 1. The fourth-order valence-electron chi connectivity index (χ4n) is 3.36. The molecule has 0 radical (unpaired) electrons. The Morgan fingerprint density at radius 2 is 1.71 bits per heavy atom. The molecule has 1 amide bonds. The van der Waals surface area contributed by atoms with Gasteiger partial charge in [0.15, 0.2) is 0 Å². The Labute approximate surface area is 144 Å². The summed E-state index contributed by atoms with van der Waals surface area (Å²) < 4.78 is 0. The maximum Gasteiger partial charge on any atom is 0.253 e. The molecule has 0 N–H and O–H groups in total. The molecule has 1 aliphatic heterocycles. The minimum atomic E-state index is 0.150. The molecule has 1 saturated heterocycles. The molecule has 0 saturated carbocycles. The highest BCUT2D eigenvalue weighted by Crippen LogP contribution is 2.28. The molecule has 3 nitrogen and oxygen atoms in total. The van der Waals surface area contributed by atoms with Crippen LogP contribution in [0.15, 0.2) is 48.5 Å². The summed E-state index contributed by atoms with van der Waals surface area (Å²) in [6.07, 6.45) is 2.23. The molecule has 0 bridgehead atoms. The Balaban J connectivity index is 1.71. The Kier molecular flexibility index (Phi) is 4.89. The Morgan fingerprint density at radius 1 is 1.04 bits per heavy atom. The summed E-state index contributed by atoms with van der Waals surface area (Å²) >= 11 is 0. The molecule has 0 spiro atoms. The van der Waals surface area contributed by atoms with Gasteiger partial charge in [0.25, 0.3) is 5.91 Å². The number of rotatable bonds is 3. The molecule has 0 aliphatic carbocycles. The Morgan fingerprint density at radius 3 is 2.33 bits per heavy atom. The summed E-state index contributed by atoms with van der Waals surface area (Å²) in [5.74, 6) is 0.599. The van der Waals surface area contributed by atoms with Crippen LogP contribution in [0.5, 0.6) is 0 Å². The monoisotopic (exact) mass is 322 g/mol. The van der Waals surface area contributed by atoms with E-state index in [0.717, 1.165) is 37.2 Å². The first-order valence-electron chi connectivity index (χ1n) is 8.68. The van der Waals surface area contributed by atoms with Crippen LogP contribution in [-0.2, 0) is 0 Å². The van der Waals surface area contributed by atoms with Gasteiger partial charge in [0, 0.05) is 44.4 Å². The zero-order valence-corrected chi connectivity index (χ0v) is 14.8. The van der Waals surface area contributed by atoms with Crippen LogP contribution in [0.25, 0.3) is 0 Å². The smallest absolute Gasteiger partial charge is 0.253 e. The number of nitrogens with zero attached hydrogens (tertiary/aromatic N) is 2. The van der Waals surface area contributed by atoms with E-state index in [4.69, 9.17) is 0 Å². The summed E-state index contributed by atoms with van der Waals surface area (Å²) in [5.41, 5.74) is 4.53. The fraction of sp³-hybridized carbons (Fsp3) is 0.381. The molecular formula is C21H26N2O. The first-order chi connectivity index (χ1) is 11.5. The number of hydrogen-bond acceptors (Lipinski definition) is 2. The average Bonchev–Trinajstić information content (AvgIpc) is 2.62. The molecule has 1 aliphatic rings. The van der Waals surface area contributed by atoms with Gasteiger partial charge in [-0.2, -0.15) is 0 Å². The van der Waals surface area contributed by atoms with Gasteiger partial charge < -0.3 is 9.80 Å². The molecule has 3 heteroatoms. The normalized spacial score (nSPS) is 17.6. The quantitative estimate of drug-likeness (QED) is 0.850. The van der Waals surface area contributed by atoms with E-state index in [1.54, 1.807) is 0 Å². The van der Waals surface area contributed by atoms with Crippen molar-refractivity contribution in [2.75, 3.05) is 32.1 Å². The van der Waals surface area contributed by atoms with E-state index < -0.39 is 0 Å². The zero-order chi connectivity index (χ0) is 17.1. The van der Waals surface area contributed by atoms with Crippen LogP contribution in [-0.4, -0.2) is 38.0 Å². The average molecular weight is 322 g/mol. The van der Waals surface area contributed by atoms with Crippen LogP contribution in [0.1, 0.15) is 40.2 Å². The van der Waals surface area contributed by atoms with Crippen molar-refractivity contribution in [3.8, 4) is 0 Å². The third-order valence-corrected chi connectivity index (χ3v) is 4.89. The predicted octanol–water partition coefficient (Wildman–Crippen LogP) is 4.08. The van der Waals surface area contributed by atoms with Crippen LogP contribution in [0.2, 0.25) is 0 Å². The minimum Gasteiger partial charge on any atom is -0.378 e. The first-order valence-corrected chi connectivity index (χ1v) is 8.68. The molecule has 126 valence electrons. The van der Waals surface area contributed by atoms with Crippen LogP contribution in [0, 0.1) is 6.92 Å². The number of amides is 1. The van der Waals surface area contributed by atoms with E-state index >= 15 is 0 Å². The van der Waals surface area contributed by atoms with Crippen molar-refractivity contribution in [2.24, 2.45) is 0 Å². The largest absolute Gasteiger partial charge is 0.378 e. The van der Waals surface area contributed by atoms with Gasteiger partial charge in [0.1, 0.15) is 0 Å². The SMILES string of the molecule is Cc1ccc(C2CCCN(C(=O)c3ccc(N(C)C)cc3)C2)cc1. The maximum atomic E-state index is 12.8. The van der Waals surface area contributed by atoms with E-state index in [0.29, 0.717) is 5.92 Å². The van der Waals surface area contributed by atoms with Gasteiger partial charge >= 0.3 is 0 Å². The summed E-state index contributed by atoms with van der Waals surface area (Å²) in [7, 11) is 4.02. The van der Waals surface area contributed by atoms with E-state index in [1.165, 1.54) is 11.1 Å². The van der Waals surface area contributed by atoms with E-state index in [9.17, 15) is 4.79 Å². The maximum absolute atomic E-state index is 12.8. The fourth-order valence-corrected chi connectivity index (χ4v) is 3.36. The highest BCUT2D eigenvalue weighted by molar-refractivity contribution is 5.94. The molecule has 1 heterocycles. The van der Waals surface area contributed by atoms with Crippen molar-refractivity contribution < 1.29 is 4.79 Å². The van der Waals surface area contributed by atoms with Gasteiger partial charge in [-0.05, 0) is 49.6 Å². The number of carbonyl (C=O) groups is 1. The molecule has 1 unspecified atom stereocenters. The van der Waals surface area contributed by atoms with Crippen molar-refractivity contribution in [3.05, 3.63) is 65.2 Å². The Bertz CT molecular complexity index is 689. The van der Waals surface area contributed by atoms with E-state index in [2.05, 4.69) is 31.2 Å². The minimum absolute atomic E-state index is 0.150. The van der Waals surface area contributed by atoms with Crippen molar-refractivity contribution in [2.45, 2.75) is 25.7 Å². The first kappa shape index (κ1) is 16.6. The van der Waals surface area contributed by atoms with Crippen molar-refractivity contribution in [1.29, 1.82) is 0 Å². The topological polar surface area (TPSA) is 23.6 Å². The summed E-state index contributed by atoms with van der Waals surface area (Å²) in [6, 6.07) is 16.6. The number of likely N-dealkylation sites (tertiary alicyclic amines) is 1. The number of aryl methyl sites for hydroxylation is 1. The van der Waals surface area contributed by atoms with Gasteiger partial charge in [-0.25, -0.2) is 0 Å². The van der Waals surface area contributed by atoms with Gasteiger partial charge in [-0.3, -0.25) is 4.79 Å². The molecule has 2 aromatic rings. The van der Waals surface area contributed by atoms with E-state index in [1.807, 2.05) is 48.2 Å². The second-order valence-corrected chi connectivity index (χ2v) is 6.94. The third kappa shape index (κ3) is 3.61. The van der Waals surface area contributed by atoms with Crippen molar-refractivity contribution in [3.63, 3.8) is 0 Å². The van der Waals surface area contributed by atoms with Crippen molar-refractivity contribution >= 4 is 11.6 Å². The molecule has 0 aromatic heterocycles. The second-order valence-electron chi connectivity index (χ2n) is 6.94. The number of piperidine rings is 1. The van der Waals surface area contributed by atoms with Gasteiger partial charge in [0.2, 0.25) is 0 Å². The lowest BCUT2D eigenvalue weighted by Crippen LogP contribution is -2.39. The lowest BCUT2D eigenvalue weighted by molar-refractivity contribution is 0.0707. The lowest BCUT2D eigenvalue weighted by atomic mass is 9.90. The molecule has 2 aromatic carbocycles. The number of carbonyl (C=O) groups excluding carboxylic acids is 1. The molecule has 24 heavy (non-hydrogen) atoms. The molecule has 3 rings (SSSR count). The van der Waals surface area contributed by atoms with Gasteiger partial charge in [0.05, 0.1) is 0 Å². The summed E-state index contributed by atoms with van der Waals surface area (Å²) in [6.45, 7) is 3.78. The molecule has 1 atom stereocenters. The summed E-state index contributed by atoms with van der Waals surface area (Å²) in [4.78, 5) is 16.9. The molecular weight excluding hydrogens is 296 g/mol. The van der Waals surface area contributed by atoms with Crippen LogP contribution >= 0.6 is 0 Å². The third-order valence-electron chi connectivity index (χ3n) is 4.89. The molecule has 1 fully saturated rings. The zero-order valence-electron chi connectivity index (χ0n) is 14.8. The highest BCUT2D eigenvalue weighted by Gasteiger charge is 2.25. The second kappa shape index (κ2) is 7.08. The van der Waals surface area contributed by atoms with Crippen LogP contribution in [0.3, 0.4) is 0 Å². The highest BCUT2D eigenvalue weighted by atomic mass is 16.2. The summed E-state index contributed by atoms with van der Waals surface area (Å²) in [5, 5.41) is 0. The lowest BCUT2D eigenvalue weighted by Gasteiger charge is -2.33. The van der Waals surface area contributed by atoms with Crippen LogP contribution < -0.4 is 4.90 Å².